The number of hydrogen-bond donors (Lipinski definition) is 2. The van der Waals surface area contributed by atoms with Gasteiger partial charge in [0.2, 0.25) is 17.5 Å². The minimum absolute atomic E-state index is 0.189. The Labute approximate surface area is 188 Å². The van der Waals surface area contributed by atoms with Crippen LogP contribution in [0.15, 0.2) is 33.3 Å². The number of furan rings is 1. The van der Waals surface area contributed by atoms with Crippen molar-refractivity contribution >= 4 is 29.0 Å². The number of fused-ring (bicyclic) bond motifs is 1. The number of aromatic nitrogens is 1. The zero-order valence-electron chi connectivity index (χ0n) is 17.2. The maximum Gasteiger partial charge on any atom is 0.279 e. The molecule has 0 saturated carbocycles. The number of hydrazine groups is 1. The molecule has 1 saturated heterocycles. The highest BCUT2D eigenvalue weighted by Gasteiger charge is 2.29. The van der Waals surface area contributed by atoms with Crippen molar-refractivity contribution in [3.8, 4) is 17.7 Å². The first kappa shape index (κ1) is 20.3. The van der Waals surface area contributed by atoms with Crippen LogP contribution in [0.4, 0.5) is 5.88 Å². The number of anilines is 1. The van der Waals surface area contributed by atoms with Crippen LogP contribution in [-0.4, -0.2) is 29.9 Å². The van der Waals surface area contributed by atoms with Crippen LogP contribution in [0, 0.1) is 17.2 Å². The van der Waals surface area contributed by atoms with Gasteiger partial charge in [0.1, 0.15) is 6.07 Å². The van der Waals surface area contributed by atoms with Gasteiger partial charge in [0.15, 0.2) is 5.76 Å². The molecule has 2 amide bonds. The van der Waals surface area contributed by atoms with Crippen LogP contribution in [0.2, 0.25) is 0 Å². The van der Waals surface area contributed by atoms with Crippen LogP contribution in [0.5, 0.6) is 0 Å². The second-order valence-corrected chi connectivity index (χ2v) is 9.02. The number of amides is 2. The van der Waals surface area contributed by atoms with Gasteiger partial charge in [0, 0.05) is 23.9 Å². The number of rotatable bonds is 4. The Hall–Kier alpha value is -3.58. The average molecular weight is 452 g/mol. The lowest BCUT2D eigenvalue weighted by Gasteiger charge is -2.30. The molecule has 3 aromatic heterocycles. The Balaban J connectivity index is 1.15. The van der Waals surface area contributed by atoms with E-state index in [4.69, 9.17) is 8.83 Å². The van der Waals surface area contributed by atoms with E-state index in [-0.39, 0.29) is 29.3 Å². The Morgan fingerprint density at radius 3 is 2.81 bits per heavy atom. The van der Waals surface area contributed by atoms with Gasteiger partial charge in [0.05, 0.1) is 11.1 Å². The van der Waals surface area contributed by atoms with Crippen LogP contribution in [0.25, 0.3) is 11.7 Å². The van der Waals surface area contributed by atoms with E-state index in [1.54, 1.807) is 12.1 Å². The summed E-state index contributed by atoms with van der Waals surface area (Å²) in [5.41, 5.74) is 6.54. The SMILES string of the molecule is N#Cc1nc(-c2ccco2)oc1N1CCC(C(=O)NNC(=O)c2cc3c(s2)CCC3)CC1. The van der Waals surface area contributed by atoms with Gasteiger partial charge in [-0.1, -0.05) is 0 Å². The van der Waals surface area contributed by atoms with Gasteiger partial charge in [-0.2, -0.15) is 10.2 Å². The van der Waals surface area contributed by atoms with E-state index in [1.165, 1.54) is 28.0 Å². The second-order valence-electron chi connectivity index (χ2n) is 7.88. The molecule has 0 radical (unpaired) electrons. The highest BCUT2D eigenvalue weighted by Crippen LogP contribution is 2.32. The summed E-state index contributed by atoms with van der Waals surface area (Å²) in [6.07, 6.45) is 5.84. The van der Waals surface area contributed by atoms with E-state index in [1.807, 2.05) is 11.0 Å². The lowest BCUT2D eigenvalue weighted by Crippen LogP contribution is -2.47. The van der Waals surface area contributed by atoms with E-state index < -0.39 is 0 Å². The molecule has 0 spiro atoms. The Kier molecular flexibility index (Phi) is 5.41. The molecule has 2 N–H and O–H groups in total. The number of piperidine rings is 1. The maximum atomic E-state index is 12.6. The van der Waals surface area contributed by atoms with Crippen molar-refractivity contribution < 1.29 is 18.4 Å². The third-order valence-electron chi connectivity index (χ3n) is 5.87. The number of aryl methyl sites for hydroxylation is 2. The average Bonchev–Trinajstić information content (AvgIpc) is 3.59. The number of carbonyl (C=O) groups excluding carboxylic acids is 2. The first-order valence-electron chi connectivity index (χ1n) is 10.5. The second kappa shape index (κ2) is 8.51. The quantitative estimate of drug-likeness (QED) is 0.584. The first-order valence-corrected chi connectivity index (χ1v) is 11.4. The van der Waals surface area contributed by atoms with Gasteiger partial charge >= 0.3 is 0 Å². The molecule has 5 rings (SSSR count). The zero-order chi connectivity index (χ0) is 22.1. The zero-order valence-corrected chi connectivity index (χ0v) is 18.0. The van der Waals surface area contributed by atoms with Crippen molar-refractivity contribution in [2.75, 3.05) is 18.0 Å². The molecule has 4 heterocycles. The fourth-order valence-corrected chi connectivity index (χ4v) is 5.32. The summed E-state index contributed by atoms with van der Waals surface area (Å²) in [4.78, 5) is 32.9. The normalized spacial score (nSPS) is 15.9. The van der Waals surface area contributed by atoms with Crippen molar-refractivity contribution in [2.24, 2.45) is 5.92 Å². The number of oxazole rings is 1. The van der Waals surface area contributed by atoms with Gasteiger partial charge in [-0.25, -0.2) is 0 Å². The topological polar surface area (TPSA) is 124 Å². The molecule has 0 bridgehead atoms. The molecule has 2 aliphatic rings. The van der Waals surface area contributed by atoms with E-state index in [0.29, 0.717) is 42.5 Å². The molecule has 1 fully saturated rings. The number of hydrogen-bond acceptors (Lipinski definition) is 8. The minimum Gasteiger partial charge on any atom is -0.459 e. The molecule has 0 aromatic carbocycles. The fourth-order valence-electron chi connectivity index (χ4n) is 4.17. The summed E-state index contributed by atoms with van der Waals surface area (Å²) in [7, 11) is 0. The van der Waals surface area contributed by atoms with Gasteiger partial charge < -0.3 is 13.7 Å². The van der Waals surface area contributed by atoms with Gasteiger partial charge in [-0.15, -0.1) is 11.3 Å². The molecule has 164 valence electrons. The standard InChI is InChI=1S/C22H21N5O4S/c23-12-15-22(31-21(24-15)16-4-2-10-30-16)27-8-6-13(7-9-27)19(28)25-26-20(29)18-11-14-3-1-5-17(14)32-18/h2,4,10-11,13H,1,3,5-9H2,(H,25,28)(H,26,29). The predicted octanol–water partition coefficient (Wildman–Crippen LogP) is 3.03. The fraction of sp³-hybridized carbons (Fsp3) is 0.364. The molecule has 1 aliphatic heterocycles. The summed E-state index contributed by atoms with van der Waals surface area (Å²) < 4.78 is 11.1. The lowest BCUT2D eigenvalue weighted by molar-refractivity contribution is -0.126. The summed E-state index contributed by atoms with van der Waals surface area (Å²) in [6, 6.07) is 7.42. The van der Waals surface area contributed by atoms with Gasteiger partial charge in [-0.3, -0.25) is 20.4 Å². The van der Waals surface area contributed by atoms with Crippen molar-refractivity contribution in [3.05, 3.63) is 45.5 Å². The van der Waals surface area contributed by atoms with Crippen LogP contribution in [-0.2, 0) is 17.6 Å². The molecular formula is C22H21N5O4S. The lowest BCUT2D eigenvalue weighted by atomic mass is 9.96. The Morgan fingerprint density at radius 2 is 2.09 bits per heavy atom. The molecule has 9 nitrogen and oxygen atoms in total. The van der Waals surface area contributed by atoms with E-state index in [0.717, 1.165) is 19.3 Å². The maximum absolute atomic E-state index is 12.6. The Bertz CT molecular complexity index is 1160. The van der Waals surface area contributed by atoms with E-state index in [2.05, 4.69) is 21.9 Å². The number of carbonyl (C=O) groups is 2. The third kappa shape index (κ3) is 3.87. The van der Waals surface area contributed by atoms with Crippen molar-refractivity contribution in [3.63, 3.8) is 0 Å². The molecule has 1 aliphatic carbocycles. The summed E-state index contributed by atoms with van der Waals surface area (Å²) in [5, 5.41) is 9.42. The number of nitriles is 1. The van der Waals surface area contributed by atoms with E-state index in [9.17, 15) is 14.9 Å². The molecular weight excluding hydrogens is 430 g/mol. The third-order valence-corrected chi connectivity index (χ3v) is 7.11. The highest BCUT2D eigenvalue weighted by atomic mass is 32.1. The summed E-state index contributed by atoms with van der Waals surface area (Å²) >= 11 is 1.50. The monoisotopic (exact) mass is 451 g/mol. The molecule has 3 aromatic rings. The van der Waals surface area contributed by atoms with Gasteiger partial charge in [0.25, 0.3) is 11.8 Å². The smallest absolute Gasteiger partial charge is 0.279 e. The molecule has 10 heteroatoms. The Morgan fingerprint density at radius 1 is 1.25 bits per heavy atom. The van der Waals surface area contributed by atoms with Crippen LogP contribution < -0.4 is 15.8 Å². The number of thiophene rings is 1. The van der Waals surface area contributed by atoms with Crippen LogP contribution in [0.1, 0.15) is 45.1 Å². The number of nitrogens with zero attached hydrogens (tertiary/aromatic N) is 3. The van der Waals surface area contributed by atoms with E-state index >= 15 is 0 Å². The van der Waals surface area contributed by atoms with Crippen molar-refractivity contribution in [2.45, 2.75) is 32.1 Å². The molecule has 0 atom stereocenters. The van der Waals surface area contributed by atoms with Crippen molar-refractivity contribution in [1.82, 2.24) is 15.8 Å². The first-order chi connectivity index (χ1) is 15.6. The van der Waals surface area contributed by atoms with Gasteiger partial charge in [-0.05, 0) is 55.9 Å². The summed E-state index contributed by atoms with van der Waals surface area (Å²) in [6.45, 7) is 1.07. The van der Waals surface area contributed by atoms with Crippen molar-refractivity contribution in [1.29, 1.82) is 5.26 Å². The summed E-state index contributed by atoms with van der Waals surface area (Å²) in [5.74, 6) is 0.365. The number of nitrogens with one attached hydrogen (secondary N) is 2. The minimum atomic E-state index is -0.277. The molecule has 0 unspecified atom stereocenters. The molecule has 32 heavy (non-hydrogen) atoms. The van der Waals surface area contributed by atoms with Crippen LogP contribution in [0.3, 0.4) is 0 Å². The highest BCUT2D eigenvalue weighted by molar-refractivity contribution is 7.14. The predicted molar refractivity (Wildman–Crippen MR) is 116 cm³/mol. The van der Waals surface area contributed by atoms with Crippen LogP contribution >= 0.6 is 11.3 Å². The largest absolute Gasteiger partial charge is 0.459 e.